The van der Waals surface area contributed by atoms with Crippen LogP contribution in [0.2, 0.25) is 0 Å². The maximum Gasteiger partial charge on any atom is 0.410 e. The molecule has 1 aliphatic heterocycles. The van der Waals surface area contributed by atoms with Gasteiger partial charge in [0, 0.05) is 12.6 Å². The molecule has 0 aliphatic carbocycles. The van der Waals surface area contributed by atoms with Gasteiger partial charge in [0.25, 0.3) is 0 Å². The van der Waals surface area contributed by atoms with Gasteiger partial charge in [0.15, 0.2) is 0 Å². The molecule has 1 aliphatic rings. The van der Waals surface area contributed by atoms with Gasteiger partial charge in [0.05, 0.1) is 18.9 Å². The van der Waals surface area contributed by atoms with E-state index >= 15 is 0 Å². The van der Waals surface area contributed by atoms with E-state index in [0.29, 0.717) is 26.0 Å². The monoisotopic (exact) mass is 444 g/mol. The number of sulfonamides is 1. The van der Waals surface area contributed by atoms with Gasteiger partial charge in [-0.25, -0.2) is 17.9 Å². The molecule has 0 radical (unpaired) electrons. The van der Waals surface area contributed by atoms with Crippen molar-refractivity contribution < 1.29 is 17.9 Å². The van der Waals surface area contributed by atoms with E-state index in [1.807, 2.05) is 44.2 Å². The zero-order valence-corrected chi connectivity index (χ0v) is 19.3. The van der Waals surface area contributed by atoms with Crippen LogP contribution in [-0.2, 0) is 21.2 Å². The first-order valence-corrected chi connectivity index (χ1v) is 12.7. The highest BCUT2D eigenvalue weighted by molar-refractivity contribution is 7.88. The number of nitrogens with zero attached hydrogens (tertiary/aromatic N) is 1. The summed E-state index contributed by atoms with van der Waals surface area (Å²) < 4.78 is 32.2. The second-order valence-electron chi connectivity index (χ2n) is 8.64. The van der Waals surface area contributed by atoms with Crippen molar-refractivity contribution in [3.8, 4) is 11.1 Å². The molecular formula is C24H32N2O4S. The highest BCUT2D eigenvalue weighted by atomic mass is 32.2. The van der Waals surface area contributed by atoms with Crippen LogP contribution < -0.4 is 4.72 Å². The van der Waals surface area contributed by atoms with Gasteiger partial charge in [-0.15, -0.1) is 0 Å². The Morgan fingerprint density at radius 2 is 1.84 bits per heavy atom. The molecule has 0 bridgehead atoms. The maximum absolute atomic E-state index is 12.8. The van der Waals surface area contributed by atoms with Crippen LogP contribution in [0.4, 0.5) is 4.79 Å². The van der Waals surface area contributed by atoms with Gasteiger partial charge in [0.1, 0.15) is 0 Å². The summed E-state index contributed by atoms with van der Waals surface area (Å²) in [7, 11) is -3.40. The Hall–Kier alpha value is -2.38. The van der Waals surface area contributed by atoms with Crippen LogP contribution in [0.15, 0.2) is 54.6 Å². The normalized spacial score (nSPS) is 19.4. The standard InChI is InChI=1S/C24H32N2O4S/c1-18(2)17-30-24(27)26-14-8-13-22(25-31(3,28)29)23(26)16-19-9-7-12-21(15-19)20-10-5-4-6-11-20/h4-7,9-12,15,18,22-23,25H,8,13-14,16-17H2,1-3H3/t22-,23-/m0/s1. The summed E-state index contributed by atoms with van der Waals surface area (Å²) in [5, 5.41) is 0. The van der Waals surface area contributed by atoms with Crippen molar-refractivity contribution in [1.82, 2.24) is 9.62 Å². The van der Waals surface area contributed by atoms with Crippen molar-refractivity contribution in [3.05, 3.63) is 60.2 Å². The number of benzene rings is 2. The van der Waals surface area contributed by atoms with Gasteiger partial charge >= 0.3 is 6.09 Å². The molecule has 2 atom stereocenters. The molecule has 3 rings (SSSR count). The summed E-state index contributed by atoms with van der Waals surface area (Å²) in [6.45, 7) is 4.88. The fraction of sp³-hybridized carbons (Fsp3) is 0.458. The van der Waals surface area contributed by atoms with E-state index in [0.717, 1.165) is 29.4 Å². The zero-order valence-electron chi connectivity index (χ0n) is 18.5. The topological polar surface area (TPSA) is 75.7 Å². The lowest BCUT2D eigenvalue weighted by atomic mass is 9.90. The number of piperidine rings is 1. The van der Waals surface area contributed by atoms with Crippen molar-refractivity contribution in [1.29, 1.82) is 0 Å². The molecule has 1 saturated heterocycles. The molecule has 1 heterocycles. The Balaban J connectivity index is 1.86. The first-order chi connectivity index (χ1) is 14.7. The summed E-state index contributed by atoms with van der Waals surface area (Å²) in [4.78, 5) is 14.5. The first kappa shape index (κ1) is 23.3. The number of carbonyl (C=O) groups excluding carboxylic acids is 1. The lowest BCUT2D eigenvalue weighted by Gasteiger charge is -2.41. The number of carbonyl (C=O) groups is 1. The minimum atomic E-state index is -3.40. The lowest BCUT2D eigenvalue weighted by molar-refractivity contribution is 0.0577. The van der Waals surface area contributed by atoms with Crippen molar-refractivity contribution >= 4 is 16.1 Å². The van der Waals surface area contributed by atoms with Gasteiger partial charge in [-0.2, -0.15) is 0 Å². The average Bonchev–Trinajstić information content (AvgIpc) is 2.73. The second kappa shape index (κ2) is 10.3. The summed E-state index contributed by atoms with van der Waals surface area (Å²) >= 11 is 0. The van der Waals surface area contributed by atoms with Gasteiger partial charge in [0.2, 0.25) is 10.0 Å². The van der Waals surface area contributed by atoms with Crippen LogP contribution in [0.5, 0.6) is 0 Å². The molecule has 31 heavy (non-hydrogen) atoms. The summed E-state index contributed by atoms with van der Waals surface area (Å²) in [6, 6.07) is 17.6. The van der Waals surface area contributed by atoms with Crippen LogP contribution in [0.1, 0.15) is 32.3 Å². The molecule has 0 spiro atoms. The smallest absolute Gasteiger partial charge is 0.410 e. The Labute approximate surface area is 185 Å². The van der Waals surface area contributed by atoms with E-state index in [2.05, 4.69) is 29.0 Å². The molecule has 1 fully saturated rings. The summed E-state index contributed by atoms with van der Waals surface area (Å²) in [5.41, 5.74) is 3.26. The molecule has 1 N–H and O–H groups in total. The number of nitrogens with one attached hydrogen (secondary N) is 1. The highest BCUT2D eigenvalue weighted by Crippen LogP contribution is 2.26. The number of amides is 1. The lowest BCUT2D eigenvalue weighted by Crippen LogP contribution is -2.57. The molecule has 168 valence electrons. The predicted molar refractivity (Wildman–Crippen MR) is 123 cm³/mol. The van der Waals surface area contributed by atoms with Crippen molar-refractivity contribution in [2.45, 2.75) is 45.2 Å². The van der Waals surface area contributed by atoms with Gasteiger partial charge in [-0.3, -0.25) is 0 Å². The number of ether oxygens (including phenoxy) is 1. The van der Waals surface area contributed by atoms with Crippen LogP contribution in [0.3, 0.4) is 0 Å². The van der Waals surface area contributed by atoms with Gasteiger partial charge < -0.3 is 9.64 Å². The SMILES string of the molecule is CC(C)COC(=O)N1CCC[C@H](NS(C)(=O)=O)[C@@H]1Cc1cccc(-c2ccccc2)c1. The first-order valence-electron chi connectivity index (χ1n) is 10.8. The molecular weight excluding hydrogens is 412 g/mol. The van der Waals surface area contributed by atoms with Crippen LogP contribution in [0, 0.1) is 5.92 Å². The molecule has 2 aromatic rings. The predicted octanol–water partition coefficient (Wildman–Crippen LogP) is 4.07. The third-order valence-electron chi connectivity index (χ3n) is 5.40. The summed E-state index contributed by atoms with van der Waals surface area (Å²) in [5.74, 6) is 0.236. The second-order valence-corrected chi connectivity index (χ2v) is 10.4. The van der Waals surface area contributed by atoms with Crippen molar-refractivity contribution in [2.24, 2.45) is 5.92 Å². The molecule has 7 heteroatoms. The van der Waals surface area contributed by atoms with E-state index in [9.17, 15) is 13.2 Å². The molecule has 0 unspecified atom stereocenters. The Bertz CT molecular complexity index is 976. The van der Waals surface area contributed by atoms with Crippen LogP contribution >= 0.6 is 0 Å². The zero-order chi connectivity index (χ0) is 22.4. The fourth-order valence-corrected chi connectivity index (χ4v) is 4.84. The highest BCUT2D eigenvalue weighted by Gasteiger charge is 2.36. The van der Waals surface area contributed by atoms with E-state index in [1.165, 1.54) is 0 Å². The largest absolute Gasteiger partial charge is 0.449 e. The Morgan fingerprint density at radius 3 is 2.52 bits per heavy atom. The molecule has 2 aromatic carbocycles. The average molecular weight is 445 g/mol. The number of likely N-dealkylation sites (tertiary alicyclic amines) is 1. The summed E-state index contributed by atoms with van der Waals surface area (Å²) in [6.07, 6.45) is 2.74. The third kappa shape index (κ3) is 6.80. The Kier molecular flexibility index (Phi) is 7.73. The van der Waals surface area contributed by atoms with Gasteiger partial charge in [-0.05, 0) is 41.9 Å². The fourth-order valence-electron chi connectivity index (χ4n) is 4.02. The van der Waals surface area contributed by atoms with E-state index in [1.54, 1.807) is 4.90 Å². The van der Waals surface area contributed by atoms with Gasteiger partial charge in [-0.1, -0.05) is 68.4 Å². The molecule has 6 nitrogen and oxygen atoms in total. The van der Waals surface area contributed by atoms with Crippen molar-refractivity contribution in [2.75, 3.05) is 19.4 Å². The third-order valence-corrected chi connectivity index (χ3v) is 6.13. The molecule has 1 amide bonds. The molecule has 0 saturated carbocycles. The van der Waals surface area contributed by atoms with Crippen molar-refractivity contribution in [3.63, 3.8) is 0 Å². The van der Waals surface area contributed by atoms with E-state index in [-0.39, 0.29) is 24.1 Å². The number of hydrogen-bond donors (Lipinski definition) is 1. The minimum Gasteiger partial charge on any atom is -0.449 e. The minimum absolute atomic E-state index is 0.236. The number of rotatable bonds is 7. The maximum atomic E-state index is 12.8. The van der Waals surface area contributed by atoms with E-state index in [4.69, 9.17) is 4.74 Å². The number of hydrogen-bond acceptors (Lipinski definition) is 4. The molecule has 0 aromatic heterocycles. The van der Waals surface area contributed by atoms with Crippen LogP contribution in [-0.4, -0.2) is 50.9 Å². The van der Waals surface area contributed by atoms with Crippen LogP contribution in [0.25, 0.3) is 11.1 Å². The quantitative estimate of drug-likeness (QED) is 0.698. The van der Waals surface area contributed by atoms with E-state index < -0.39 is 10.0 Å². The Morgan fingerprint density at radius 1 is 1.13 bits per heavy atom.